The molecule has 0 fully saturated rings. The Morgan fingerprint density at radius 2 is 1.96 bits per heavy atom. The monoisotopic (exact) mass is 411 g/mol. The van der Waals surface area contributed by atoms with Gasteiger partial charge in [0.1, 0.15) is 12.7 Å². The van der Waals surface area contributed by atoms with Crippen LogP contribution in [-0.2, 0) is 10.0 Å². The number of allylic oxidation sites excluding steroid dienone is 3. The molecule has 1 N–H and O–H groups in total. The van der Waals surface area contributed by atoms with Crippen molar-refractivity contribution in [2.45, 2.75) is 18.2 Å². The number of hydrogen-bond donors (Lipinski definition) is 1. The molecule has 0 aromatic heterocycles. The maximum Gasteiger partial charge on any atom is 0.268 e. The third-order valence-corrected chi connectivity index (χ3v) is 6.75. The molecule has 1 heterocycles. The van der Waals surface area contributed by atoms with Crippen LogP contribution < -0.4 is 5.46 Å². The summed E-state index contributed by atoms with van der Waals surface area (Å²) in [6.45, 7) is 6.01. The van der Waals surface area contributed by atoms with E-state index in [0.29, 0.717) is 12.1 Å². The first-order valence-electron chi connectivity index (χ1n) is 8.65. The Morgan fingerprint density at radius 1 is 1.29 bits per heavy atom. The van der Waals surface area contributed by atoms with Crippen LogP contribution in [0.1, 0.15) is 18.9 Å². The van der Waals surface area contributed by atoms with Crippen molar-refractivity contribution in [1.29, 1.82) is 0 Å². The molecule has 0 saturated carbocycles. The van der Waals surface area contributed by atoms with Gasteiger partial charge in [0.05, 0.1) is 10.7 Å². The van der Waals surface area contributed by atoms with E-state index in [9.17, 15) is 13.5 Å². The van der Waals surface area contributed by atoms with Gasteiger partial charge < -0.3 is 5.11 Å². The van der Waals surface area contributed by atoms with E-state index in [1.165, 1.54) is 16.4 Å². The van der Waals surface area contributed by atoms with Crippen molar-refractivity contribution < 1.29 is 13.5 Å². The van der Waals surface area contributed by atoms with Gasteiger partial charge in [-0.05, 0) is 48.3 Å². The molecular weight excluding hydrogens is 393 g/mol. The van der Waals surface area contributed by atoms with E-state index in [2.05, 4.69) is 6.58 Å². The first-order chi connectivity index (χ1) is 13.3. The average Bonchev–Trinajstić information content (AvgIpc) is 3.04. The molecule has 0 unspecified atom stereocenters. The molecule has 2 radical (unpaired) electrons. The van der Waals surface area contributed by atoms with Crippen LogP contribution in [0.4, 0.5) is 0 Å². The Morgan fingerprint density at radius 3 is 2.61 bits per heavy atom. The maximum absolute atomic E-state index is 13.3. The number of nitrogens with zero attached hydrogens (tertiary/aromatic N) is 1. The van der Waals surface area contributed by atoms with E-state index in [1.807, 2.05) is 37.3 Å². The minimum Gasteiger partial charge on any atom is -0.505 e. The van der Waals surface area contributed by atoms with Gasteiger partial charge in [0.2, 0.25) is 0 Å². The van der Waals surface area contributed by atoms with Gasteiger partial charge in [-0.1, -0.05) is 60.1 Å². The fraction of sp³-hybridized carbons (Fsp3) is 0.143. The Labute approximate surface area is 171 Å². The van der Waals surface area contributed by atoms with E-state index >= 15 is 0 Å². The lowest BCUT2D eigenvalue weighted by Crippen LogP contribution is -2.28. The average molecular weight is 412 g/mol. The van der Waals surface area contributed by atoms with Gasteiger partial charge >= 0.3 is 0 Å². The first-order valence-corrected chi connectivity index (χ1v) is 10.5. The Hall–Kier alpha value is -2.44. The standard InChI is InChI=1S/C21H19BClNO3S/c1-3-15(16-7-5-4-6-8-16)11-19-14(2)9-10-24(19)28(26,27)20-13-17(22)12-18(23)21(20)25/h3-8,11-13,25H,1,9-10H2,2H3/b15-11+. The highest BCUT2D eigenvalue weighted by molar-refractivity contribution is 7.89. The van der Waals surface area contributed by atoms with E-state index < -0.39 is 15.8 Å². The normalized spacial score (nSPS) is 15.2. The lowest BCUT2D eigenvalue weighted by atomic mass is 9.96. The van der Waals surface area contributed by atoms with Crippen molar-refractivity contribution in [2.75, 3.05) is 6.54 Å². The second-order valence-electron chi connectivity index (χ2n) is 6.51. The van der Waals surface area contributed by atoms with Gasteiger partial charge in [0.25, 0.3) is 10.0 Å². The zero-order chi connectivity index (χ0) is 20.5. The number of hydrogen-bond acceptors (Lipinski definition) is 3. The van der Waals surface area contributed by atoms with Crippen molar-refractivity contribution in [3.05, 3.63) is 83.1 Å². The predicted octanol–water partition coefficient (Wildman–Crippen LogP) is 3.78. The topological polar surface area (TPSA) is 57.6 Å². The molecule has 0 saturated heterocycles. The van der Waals surface area contributed by atoms with Crippen LogP contribution in [0.25, 0.3) is 5.57 Å². The largest absolute Gasteiger partial charge is 0.505 e. The summed E-state index contributed by atoms with van der Waals surface area (Å²) < 4.78 is 27.8. The highest BCUT2D eigenvalue weighted by Gasteiger charge is 2.33. The van der Waals surface area contributed by atoms with Gasteiger partial charge in [0, 0.05) is 6.54 Å². The smallest absolute Gasteiger partial charge is 0.268 e. The lowest BCUT2D eigenvalue weighted by Gasteiger charge is -2.22. The summed E-state index contributed by atoms with van der Waals surface area (Å²) in [5.74, 6) is -0.504. The summed E-state index contributed by atoms with van der Waals surface area (Å²) >= 11 is 5.93. The molecular formula is C21H19BClNO3S. The van der Waals surface area contributed by atoms with Crippen molar-refractivity contribution in [1.82, 2.24) is 4.31 Å². The summed E-state index contributed by atoms with van der Waals surface area (Å²) in [7, 11) is 1.70. The molecule has 1 aliphatic heterocycles. The minimum atomic E-state index is -4.05. The number of sulfonamides is 1. The highest BCUT2D eigenvalue weighted by atomic mass is 35.5. The van der Waals surface area contributed by atoms with Gasteiger partial charge in [-0.2, -0.15) is 0 Å². The maximum atomic E-state index is 13.3. The van der Waals surface area contributed by atoms with Crippen LogP contribution in [0.2, 0.25) is 5.02 Å². The van der Waals surface area contributed by atoms with E-state index in [0.717, 1.165) is 16.7 Å². The molecule has 4 nitrogen and oxygen atoms in total. The Bertz CT molecular complexity index is 1090. The molecule has 2 aromatic carbocycles. The fourth-order valence-electron chi connectivity index (χ4n) is 3.12. The molecule has 3 rings (SSSR count). The summed E-state index contributed by atoms with van der Waals surface area (Å²) in [4.78, 5) is -0.307. The molecule has 0 spiro atoms. The van der Waals surface area contributed by atoms with Gasteiger partial charge in [-0.25, -0.2) is 8.42 Å². The van der Waals surface area contributed by atoms with Gasteiger partial charge in [-0.15, -0.1) is 0 Å². The lowest BCUT2D eigenvalue weighted by molar-refractivity contribution is 0.451. The summed E-state index contributed by atoms with van der Waals surface area (Å²) in [5, 5.41) is 10.1. The summed E-state index contributed by atoms with van der Waals surface area (Å²) in [6.07, 6.45) is 4.07. The fourth-order valence-corrected chi connectivity index (χ4v) is 5.08. The summed E-state index contributed by atoms with van der Waals surface area (Å²) in [6, 6.07) is 12.1. The number of rotatable bonds is 5. The SMILES string of the molecule is [B]c1cc(Cl)c(O)c(S(=O)(=O)N2CCC(C)=C2/C=C(\C=C)c2ccccc2)c1. The first kappa shape index (κ1) is 20.3. The number of halogens is 1. The molecule has 0 amide bonds. The Balaban J connectivity index is 2.10. The van der Waals surface area contributed by atoms with Gasteiger partial charge in [-0.3, -0.25) is 4.31 Å². The van der Waals surface area contributed by atoms with Crippen LogP contribution in [0.5, 0.6) is 5.75 Å². The predicted molar refractivity (Wildman–Crippen MR) is 114 cm³/mol. The molecule has 7 heteroatoms. The van der Waals surface area contributed by atoms with E-state index in [-0.39, 0.29) is 21.9 Å². The van der Waals surface area contributed by atoms with Crippen molar-refractivity contribution >= 4 is 40.5 Å². The van der Waals surface area contributed by atoms with E-state index in [1.54, 1.807) is 12.2 Å². The second-order valence-corrected chi connectivity index (χ2v) is 8.75. The molecule has 0 bridgehead atoms. The number of phenolic OH excluding ortho intramolecular Hbond substituents is 1. The minimum absolute atomic E-state index is 0.105. The molecule has 1 aliphatic rings. The van der Waals surface area contributed by atoms with Crippen LogP contribution in [-0.4, -0.2) is 32.2 Å². The van der Waals surface area contributed by atoms with E-state index in [4.69, 9.17) is 19.4 Å². The highest BCUT2D eigenvalue weighted by Crippen LogP contribution is 2.37. The Kier molecular flexibility index (Phi) is 5.73. The van der Waals surface area contributed by atoms with Gasteiger partial charge in [0.15, 0.2) is 5.75 Å². The van der Waals surface area contributed by atoms with Crippen molar-refractivity contribution in [3.8, 4) is 5.75 Å². The molecule has 0 aliphatic carbocycles. The zero-order valence-electron chi connectivity index (χ0n) is 15.4. The van der Waals surface area contributed by atoms with Crippen LogP contribution in [0, 0.1) is 0 Å². The quantitative estimate of drug-likeness (QED) is 0.602. The third-order valence-electron chi connectivity index (χ3n) is 4.63. The third kappa shape index (κ3) is 3.75. The number of benzene rings is 2. The van der Waals surface area contributed by atoms with Crippen LogP contribution in [0.15, 0.2) is 77.4 Å². The van der Waals surface area contributed by atoms with Crippen molar-refractivity contribution in [2.24, 2.45) is 0 Å². The molecule has 142 valence electrons. The van der Waals surface area contributed by atoms with Crippen molar-refractivity contribution in [3.63, 3.8) is 0 Å². The summed E-state index contributed by atoms with van der Waals surface area (Å²) in [5.41, 5.74) is 3.36. The molecule has 0 atom stereocenters. The van der Waals surface area contributed by atoms with Crippen LogP contribution >= 0.6 is 11.6 Å². The number of phenols is 1. The molecule has 28 heavy (non-hydrogen) atoms. The zero-order valence-corrected chi connectivity index (χ0v) is 17.0. The second kappa shape index (κ2) is 7.90. The van der Waals surface area contributed by atoms with Crippen LogP contribution in [0.3, 0.4) is 0 Å². The molecule has 2 aromatic rings. The number of aromatic hydroxyl groups is 1.